The van der Waals surface area contributed by atoms with E-state index in [-0.39, 0.29) is 0 Å². The molecule has 1 aromatic heterocycles. The minimum Gasteiger partial charge on any atom is -0.469 e. The highest BCUT2D eigenvalue weighted by molar-refractivity contribution is 5.70. The molecule has 0 saturated carbocycles. The lowest BCUT2D eigenvalue weighted by Gasteiger charge is -2.31. The number of nitrogens with zero attached hydrogens (tertiary/aromatic N) is 1. The third-order valence-electron chi connectivity index (χ3n) is 4.09. The minimum absolute atomic E-state index is 0.349. The van der Waals surface area contributed by atoms with Crippen molar-refractivity contribution in [2.24, 2.45) is 0 Å². The molecule has 3 rings (SSSR count). The summed E-state index contributed by atoms with van der Waals surface area (Å²) in [4.78, 5) is 2.51. The van der Waals surface area contributed by atoms with E-state index in [9.17, 15) is 0 Å². The Kier molecular flexibility index (Phi) is 4.49. The Balaban J connectivity index is 1.69. The summed E-state index contributed by atoms with van der Waals surface area (Å²) in [6.07, 6.45) is 6.61. The lowest BCUT2D eigenvalue weighted by molar-refractivity contribution is 0.497. The molecule has 1 aliphatic rings. The zero-order valence-electron chi connectivity index (χ0n) is 12.7. The Morgan fingerprint density at radius 3 is 2.67 bits per heavy atom. The van der Waals surface area contributed by atoms with Gasteiger partial charge in [-0.25, -0.2) is 0 Å². The normalized spacial score (nSPS) is 16.7. The van der Waals surface area contributed by atoms with Crippen LogP contribution in [-0.4, -0.2) is 19.1 Å². The summed E-state index contributed by atoms with van der Waals surface area (Å²) in [6.45, 7) is 4.55. The van der Waals surface area contributed by atoms with Gasteiger partial charge in [0.2, 0.25) is 0 Å². The van der Waals surface area contributed by atoms with Gasteiger partial charge in [-0.2, -0.15) is 0 Å². The van der Waals surface area contributed by atoms with E-state index in [2.05, 4.69) is 41.4 Å². The molecule has 0 bridgehead atoms. The van der Waals surface area contributed by atoms with Crippen molar-refractivity contribution in [3.8, 4) is 0 Å². The average Bonchev–Trinajstić information content (AvgIpc) is 3.01. The number of piperidine rings is 1. The van der Waals surface area contributed by atoms with Gasteiger partial charge in [0.05, 0.1) is 17.6 Å². The Morgan fingerprint density at radius 1 is 1.10 bits per heavy atom. The Morgan fingerprint density at radius 2 is 1.90 bits per heavy atom. The van der Waals surface area contributed by atoms with Crippen LogP contribution in [0.25, 0.3) is 0 Å². The van der Waals surface area contributed by atoms with Gasteiger partial charge in [-0.15, -0.1) is 0 Å². The second-order valence-corrected chi connectivity index (χ2v) is 5.89. The quantitative estimate of drug-likeness (QED) is 0.886. The van der Waals surface area contributed by atoms with Gasteiger partial charge in [-0.1, -0.05) is 12.1 Å². The number of rotatable bonds is 5. The van der Waals surface area contributed by atoms with Gasteiger partial charge >= 0.3 is 0 Å². The van der Waals surface area contributed by atoms with Gasteiger partial charge in [0.25, 0.3) is 0 Å². The van der Waals surface area contributed by atoms with Crippen LogP contribution in [0.1, 0.15) is 31.9 Å². The molecule has 1 fully saturated rings. The van der Waals surface area contributed by atoms with Crippen LogP contribution in [0.15, 0.2) is 47.1 Å². The van der Waals surface area contributed by atoms with E-state index in [0.29, 0.717) is 6.04 Å². The van der Waals surface area contributed by atoms with E-state index in [1.807, 2.05) is 12.1 Å². The maximum absolute atomic E-state index is 5.44. The van der Waals surface area contributed by atoms with Crippen molar-refractivity contribution in [3.63, 3.8) is 0 Å². The van der Waals surface area contributed by atoms with E-state index in [1.54, 1.807) is 6.26 Å². The van der Waals surface area contributed by atoms with Crippen molar-refractivity contribution in [3.05, 3.63) is 48.4 Å². The molecule has 1 aliphatic heterocycles. The summed E-state index contributed by atoms with van der Waals surface area (Å²) in [7, 11) is 0. The lowest BCUT2D eigenvalue weighted by atomic mass is 10.1. The number of furan rings is 1. The summed E-state index contributed by atoms with van der Waals surface area (Å²) in [5.41, 5.74) is 2.57. The van der Waals surface area contributed by atoms with Crippen LogP contribution in [0.2, 0.25) is 0 Å². The predicted octanol–water partition coefficient (Wildman–Crippen LogP) is 4.31. The molecule has 1 aromatic carbocycles. The second-order valence-electron chi connectivity index (χ2n) is 5.89. The molecule has 21 heavy (non-hydrogen) atoms. The van der Waals surface area contributed by atoms with Crippen LogP contribution in [0, 0.1) is 0 Å². The van der Waals surface area contributed by atoms with E-state index < -0.39 is 0 Å². The third-order valence-corrected chi connectivity index (χ3v) is 4.09. The molecule has 1 atom stereocenters. The van der Waals surface area contributed by atoms with E-state index >= 15 is 0 Å². The van der Waals surface area contributed by atoms with Crippen LogP contribution in [0.3, 0.4) is 0 Å². The van der Waals surface area contributed by atoms with Crippen molar-refractivity contribution in [1.29, 1.82) is 0 Å². The fraction of sp³-hybridized carbons (Fsp3) is 0.444. The first kappa shape index (κ1) is 14.1. The maximum Gasteiger partial charge on any atom is 0.105 e. The van der Waals surface area contributed by atoms with Gasteiger partial charge < -0.3 is 14.6 Å². The molecule has 3 nitrogen and oxygen atoms in total. The Bertz CT molecular complexity index is 544. The molecule has 3 heteroatoms. The number of nitrogens with one attached hydrogen (secondary N) is 1. The number of benzene rings is 1. The van der Waals surface area contributed by atoms with Crippen LogP contribution in [0.5, 0.6) is 0 Å². The molecule has 0 radical (unpaired) electrons. The molecule has 112 valence electrons. The second kappa shape index (κ2) is 6.70. The highest BCUT2D eigenvalue weighted by Crippen LogP contribution is 2.29. The SMILES string of the molecule is CC(Cc1ccco1)Nc1ccccc1N1CCCCC1. The van der Waals surface area contributed by atoms with Crippen molar-refractivity contribution in [2.45, 2.75) is 38.6 Å². The van der Waals surface area contributed by atoms with Crippen LogP contribution < -0.4 is 10.2 Å². The highest BCUT2D eigenvalue weighted by Gasteiger charge is 2.15. The first-order valence-corrected chi connectivity index (χ1v) is 7.96. The highest BCUT2D eigenvalue weighted by atomic mass is 16.3. The Labute approximate surface area is 127 Å². The molecule has 1 saturated heterocycles. The molecule has 0 aliphatic carbocycles. The topological polar surface area (TPSA) is 28.4 Å². The molecule has 2 aromatic rings. The van der Waals surface area contributed by atoms with Gasteiger partial charge in [0.1, 0.15) is 5.76 Å². The maximum atomic E-state index is 5.44. The molecule has 2 heterocycles. The van der Waals surface area contributed by atoms with Crippen molar-refractivity contribution in [2.75, 3.05) is 23.3 Å². The zero-order valence-corrected chi connectivity index (χ0v) is 12.7. The van der Waals surface area contributed by atoms with Gasteiger partial charge in [0.15, 0.2) is 0 Å². The molecular formula is C18H24N2O. The van der Waals surface area contributed by atoms with Gasteiger partial charge in [0, 0.05) is 25.6 Å². The van der Waals surface area contributed by atoms with Crippen molar-refractivity contribution < 1.29 is 4.42 Å². The van der Waals surface area contributed by atoms with Gasteiger partial charge in [-0.05, 0) is 50.5 Å². The van der Waals surface area contributed by atoms with E-state index in [0.717, 1.165) is 12.2 Å². The Hall–Kier alpha value is -1.90. The largest absolute Gasteiger partial charge is 0.469 e. The third kappa shape index (κ3) is 3.60. The van der Waals surface area contributed by atoms with Crippen LogP contribution in [-0.2, 0) is 6.42 Å². The monoisotopic (exact) mass is 284 g/mol. The summed E-state index contributed by atoms with van der Waals surface area (Å²) in [5.74, 6) is 1.03. The molecule has 1 unspecified atom stereocenters. The first-order valence-electron chi connectivity index (χ1n) is 7.96. The van der Waals surface area contributed by atoms with Crippen molar-refractivity contribution >= 4 is 11.4 Å². The summed E-state index contributed by atoms with van der Waals surface area (Å²) < 4.78 is 5.44. The molecular weight excluding hydrogens is 260 g/mol. The summed E-state index contributed by atoms with van der Waals surface area (Å²) >= 11 is 0. The molecule has 1 N–H and O–H groups in total. The van der Waals surface area contributed by atoms with Crippen LogP contribution in [0.4, 0.5) is 11.4 Å². The number of hydrogen-bond acceptors (Lipinski definition) is 3. The smallest absolute Gasteiger partial charge is 0.105 e. The van der Waals surface area contributed by atoms with Crippen LogP contribution >= 0.6 is 0 Å². The summed E-state index contributed by atoms with van der Waals surface area (Å²) in [6, 6.07) is 13.0. The average molecular weight is 284 g/mol. The minimum atomic E-state index is 0.349. The van der Waals surface area contributed by atoms with E-state index in [4.69, 9.17) is 4.42 Å². The van der Waals surface area contributed by atoms with Gasteiger partial charge in [-0.3, -0.25) is 0 Å². The fourth-order valence-corrected chi connectivity index (χ4v) is 3.05. The number of hydrogen-bond donors (Lipinski definition) is 1. The lowest BCUT2D eigenvalue weighted by Crippen LogP contribution is -2.30. The van der Waals surface area contributed by atoms with E-state index in [1.165, 1.54) is 43.7 Å². The standard InChI is InChI=1S/C18H24N2O/c1-15(14-16-8-7-13-21-16)19-17-9-3-4-10-18(17)20-11-5-2-6-12-20/h3-4,7-10,13,15,19H,2,5-6,11-12,14H2,1H3. The molecule has 0 amide bonds. The summed E-state index contributed by atoms with van der Waals surface area (Å²) in [5, 5.41) is 3.64. The zero-order chi connectivity index (χ0) is 14.5. The number of para-hydroxylation sites is 2. The first-order chi connectivity index (χ1) is 10.3. The predicted molar refractivity (Wildman–Crippen MR) is 88.0 cm³/mol. The number of anilines is 2. The molecule has 0 spiro atoms. The fourth-order valence-electron chi connectivity index (χ4n) is 3.05. The van der Waals surface area contributed by atoms with Crippen molar-refractivity contribution in [1.82, 2.24) is 0 Å².